The zero-order valence-electron chi connectivity index (χ0n) is 9.72. The van der Waals surface area contributed by atoms with Gasteiger partial charge in [0.25, 0.3) is 0 Å². The Labute approximate surface area is 113 Å². The molecule has 3 rings (SSSR count). The van der Waals surface area contributed by atoms with E-state index in [1.807, 2.05) is 11.8 Å². The number of ketones is 1. The van der Waals surface area contributed by atoms with E-state index in [0.29, 0.717) is 25.6 Å². The van der Waals surface area contributed by atoms with Gasteiger partial charge in [-0.2, -0.15) is 0 Å². The van der Waals surface area contributed by atoms with Gasteiger partial charge in [-0.1, -0.05) is 0 Å². The molecule has 0 amide bonds. The first-order valence-corrected chi connectivity index (χ1v) is 9.03. The van der Waals surface area contributed by atoms with Crippen LogP contribution in [0.1, 0.15) is 25.7 Å². The summed E-state index contributed by atoms with van der Waals surface area (Å²) < 4.78 is 1.47. The van der Waals surface area contributed by atoms with Crippen LogP contribution in [0.5, 0.6) is 0 Å². The molecule has 0 bridgehead atoms. The maximum absolute atomic E-state index is 12.2. The Morgan fingerprint density at radius 3 is 2.82 bits per heavy atom. The van der Waals surface area contributed by atoms with Crippen molar-refractivity contribution >= 4 is 37.0 Å². The Morgan fingerprint density at radius 1 is 1.29 bits per heavy atom. The second-order valence-electron chi connectivity index (χ2n) is 4.72. The quantitative estimate of drug-likeness (QED) is 0.781. The van der Waals surface area contributed by atoms with Gasteiger partial charge in [0.05, 0.1) is 0 Å². The van der Waals surface area contributed by atoms with Gasteiger partial charge >= 0.3 is 113 Å². The van der Waals surface area contributed by atoms with Crippen LogP contribution < -0.4 is 4.46 Å². The Balaban J connectivity index is 1.81. The van der Waals surface area contributed by atoms with Crippen LogP contribution in [0.2, 0.25) is 4.82 Å². The molecule has 2 fully saturated rings. The van der Waals surface area contributed by atoms with Crippen molar-refractivity contribution in [2.45, 2.75) is 35.2 Å². The number of benzene rings is 1. The number of rotatable bonds is 2. The molecule has 0 unspecified atom stereocenters. The van der Waals surface area contributed by atoms with Crippen molar-refractivity contribution in [1.82, 2.24) is 0 Å². The summed E-state index contributed by atoms with van der Waals surface area (Å²) in [5.74, 6) is 1.73. The Kier molecular flexibility index (Phi) is 3.34. The van der Waals surface area contributed by atoms with Crippen molar-refractivity contribution in [3.63, 3.8) is 0 Å². The topological polar surface area (TPSA) is 17.1 Å². The monoisotopic (exact) mass is 312 g/mol. The summed E-state index contributed by atoms with van der Waals surface area (Å²) in [6.07, 6.45) is 4.32. The van der Waals surface area contributed by atoms with E-state index in [-0.39, 0.29) is 4.75 Å². The molecule has 17 heavy (non-hydrogen) atoms. The zero-order valence-corrected chi connectivity index (χ0v) is 12.3. The summed E-state index contributed by atoms with van der Waals surface area (Å²) in [7, 11) is 0. The van der Waals surface area contributed by atoms with E-state index in [1.165, 1.54) is 16.6 Å². The van der Waals surface area contributed by atoms with Crippen molar-refractivity contribution in [2.75, 3.05) is 5.75 Å². The number of Topliss-reactive ketones (excluding diaryl/α,β-unsaturated/α-hetero) is 1. The SMILES string of the molecule is O=C1CCC[C@@]12SCC[C@H]2[Se]c1ccccc1. The van der Waals surface area contributed by atoms with E-state index in [0.717, 1.165) is 19.3 Å². The van der Waals surface area contributed by atoms with Crippen LogP contribution in [-0.4, -0.2) is 31.2 Å². The van der Waals surface area contributed by atoms with Crippen LogP contribution in [0.25, 0.3) is 0 Å². The molecule has 2 aliphatic rings. The van der Waals surface area contributed by atoms with Crippen molar-refractivity contribution in [3.05, 3.63) is 30.3 Å². The van der Waals surface area contributed by atoms with E-state index in [9.17, 15) is 4.79 Å². The molecule has 1 saturated carbocycles. The van der Waals surface area contributed by atoms with Crippen LogP contribution in [0.15, 0.2) is 30.3 Å². The van der Waals surface area contributed by atoms with Crippen molar-refractivity contribution in [3.8, 4) is 0 Å². The van der Waals surface area contributed by atoms with E-state index in [1.54, 1.807) is 0 Å². The van der Waals surface area contributed by atoms with Gasteiger partial charge in [0, 0.05) is 0 Å². The third kappa shape index (κ3) is 2.09. The van der Waals surface area contributed by atoms with Gasteiger partial charge in [-0.3, -0.25) is 0 Å². The molecular weight excluding hydrogens is 295 g/mol. The van der Waals surface area contributed by atoms with E-state index < -0.39 is 0 Å². The van der Waals surface area contributed by atoms with Crippen molar-refractivity contribution in [2.24, 2.45) is 0 Å². The summed E-state index contributed by atoms with van der Waals surface area (Å²) in [4.78, 5) is 12.8. The van der Waals surface area contributed by atoms with Crippen molar-refractivity contribution in [1.29, 1.82) is 0 Å². The molecular formula is C14H16OSSe. The average molecular weight is 311 g/mol. The summed E-state index contributed by atoms with van der Waals surface area (Å²) in [6, 6.07) is 10.7. The zero-order chi connectivity index (χ0) is 11.7. The second-order valence-corrected chi connectivity index (χ2v) is 8.83. The first-order valence-electron chi connectivity index (χ1n) is 6.20. The first-order chi connectivity index (χ1) is 8.31. The molecule has 1 heterocycles. The fourth-order valence-electron chi connectivity index (χ4n) is 2.85. The van der Waals surface area contributed by atoms with E-state index in [4.69, 9.17) is 0 Å². The van der Waals surface area contributed by atoms with Gasteiger partial charge < -0.3 is 0 Å². The summed E-state index contributed by atoms with van der Waals surface area (Å²) in [5.41, 5.74) is 0. The molecule has 1 spiro atoms. The fraction of sp³-hybridized carbons (Fsp3) is 0.500. The molecule has 0 radical (unpaired) electrons. The van der Waals surface area contributed by atoms with Gasteiger partial charge in [-0.05, 0) is 0 Å². The number of thioether (sulfide) groups is 1. The average Bonchev–Trinajstić information content (AvgIpc) is 2.91. The molecule has 1 nitrogen and oxygen atoms in total. The predicted octanol–water partition coefficient (Wildman–Crippen LogP) is 2.43. The third-order valence-electron chi connectivity index (χ3n) is 3.71. The van der Waals surface area contributed by atoms with Gasteiger partial charge in [0.2, 0.25) is 0 Å². The van der Waals surface area contributed by atoms with Crippen LogP contribution in [-0.2, 0) is 4.79 Å². The molecule has 1 aromatic carbocycles. The van der Waals surface area contributed by atoms with Crippen LogP contribution in [0.3, 0.4) is 0 Å². The van der Waals surface area contributed by atoms with Gasteiger partial charge in [-0.15, -0.1) is 0 Å². The predicted molar refractivity (Wildman–Crippen MR) is 74.2 cm³/mol. The van der Waals surface area contributed by atoms with Crippen LogP contribution in [0.4, 0.5) is 0 Å². The Morgan fingerprint density at radius 2 is 2.12 bits per heavy atom. The van der Waals surface area contributed by atoms with Crippen LogP contribution >= 0.6 is 11.8 Å². The minimum absolute atomic E-state index is 0.0237. The minimum atomic E-state index is 0.0237. The number of hydrogen-bond acceptors (Lipinski definition) is 2. The van der Waals surface area contributed by atoms with Gasteiger partial charge in [0.15, 0.2) is 0 Å². The van der Waals surface area contributed by atoms with E-state index in [2.05, 4.69) is 30.3 Å². The molecule has 90 valence electrons. The molecule has 1 aliphatic heterocycles. The summed E-state index contributed by atoms with van der Waals surface area (Å²) in [5, 5.41) is 0. The first kappa shape index (κ1) is 11.8. The normalized spacial score (nSPS) is 32.5. The van der Waals surface area contributed by atoms with Gasteiger partial charge in [-0.25, -0.2) is 0 Å². The van der Waals surface area contributed by atoms with Gasteiger partial charge in [0.1, 0.15) is 0 Å². The molecule has 0 N–H and O–H groups in total. The molecule has 0 aromatic heterocycles. The molecule has 1 aromatic rings. The summed E-state index contributed by atoms with van der Waals surface area (Å²) >= 11 is 2.42. The standard InChI is InChI=1S/C14H16OSSe/c15-12-7-4-9-14(12)13(8-10-16-14)17-11-5-2-1-3-6-11/h1-3,5-6,13H,4,7-10H2/t13-,14-/m1/s1. The maximum atomic E-state index is 12.2. The third-order valence-corrected chi connectivity index (χ3v) is 8.79. The Hall–Kier alpha value is -0.241. The summed E-state index contributed by atoms with van der Waals surface area (Å²) in [6.45, 7) is 0. The number of carbonyl (C=O) groups excluding carboxylic acids is 1. The van der Waals surface area contributed by atoms with Crippen LogP contribution in [0, 0.1) is 0 Å². The Bertz CT molecular complexity index is 415. The van der Waals surface area contributed by atoms with Crippen molar-refractivity contribution < 1.29 is 4.79 Å². The fourth-order valence-corrected chi connectivity index (χ4v) is 8.20. The number of carbonyl (C=O) groups is 1. The molecule has 1 aliphatic carbocycles. The molecule has 2 atom stereocenters. The molecule has 1 saturated heterocycles. The second kappa shape index (κ2) is 4.79. The number of hydrogen-bond donors (Lipinski definition) is 0. The molecule has 3 heteroatoms. The van der Waals surface area contributed by atoms with E-state index >= 15 is 0 Å².